The molecule has 0 fully saturated rings. The molecule has 1 heterocycles. The fraction of sp³-hybridized carbons (Fsp3) is 0.222. The molecule has 3 rings (SSSR count). The molecule has 4 heteroatoms. The topological polar surface area (TPSA) is 78.5 Å². The van der Waals surface area contributed by atoms with E-state index in [-0.39, 0.29) is 0 Å². The number of aromatic amines is 1. The van der Waals surface area contributed by atoms with Gasteiger partial charge < -0.3 is 10.7 Å². The Bertz CT molecular complexity index is 779. The molecule has 0 amide bonds. The SMILES string of the molecule is CC.N#Cc1ccc(CCc2nc3ccc(N)cc3[nH]2)cc1. The third-order valence-electron chi connectivity index (χ3n) is 3.29. The van der Waals surface area contributed by atoms with Crippen LogP contribution in [0.5, 0.6) is 0 Å². The predicted molar refractivity (Wildman–Crippen MR) is 90.4 cm³/mol. The Hall–Kier alpha value is -2.80. The van der Waals surface area contributed by atoms with Gasteiger partial charge in [0.25, 0.3) is 0 Å². The van der Waals surface area contributed by atoms with E-state index in [1.807, 2.05) is 56.3 Å². The lowest BCUT2D eigenvalue weighted by Gasteiger charge is -1.99. The molecule has 1 aromatic heterocycles. The summed E-state index contributed by atoms with van der Waals surface area (Å²) in [5, 5.41) is 8.76. The van der Waals surface area contributed by atoms with E-state index in [0.717, 1.165) is 35.4 Å². The van der Waals surface area contributed by atoms with Gasteiger partial charge in [0.15, 0.2) is 0 Å². The molecule has 3 N–H and O–H groups in total. The molecular weight excluding hydrogens is 272 g/mol. The fourth-order valence-electron chi connectivity index (χ4n) is 2.21. The molecule has 3 aromatic rings. The summed E-state index contributed by atoms with van der Waals surface area (Å²) in [7, 11) is 0. The minimum atomic E-state index is 0.688. The number of nitrogen functional groups attached to an aromatic ring is 1. The average Bonchev–Trinajstić information content (AvgIpc) is 2.97. The normalized spacial score (nSPS) is 9.86. The van der Waals surface area contributed by atoms with Crippen LogP contribution in [0.25, 0.3) is 11.0 Å². The number of imidazole rings is 1. The highest BCUT2D eigenvalue weighted by atomic mass is 14.9. The second-order valence-corrected chi connectivity index (χ2v) is 4.77. The Morgan fingerprint density at radius 3 is 2.50 bits per heavy atom. The Kier molecular flexibility index (Phi) is 5.16. The minimum absolute atomic E-state index is 0.688. The summed E-state index contributed by atoms with van der Waals surface area (Å²) in [6.07, 6.45) is 1.72. The van der Waals surface area contributed by atoms with E-state index >= 15 is 0 Å². The molecule has 0 unspecified atom stereocenters. The lowest BCUT2D eigenvalue weighted by molar-refractivity contribution is 0.890. The van der Waals surface area contributed by atoms with Crippen LogP contribution in [0.15, 0.2) is 42.5 Å². The Morgan fingerprint density at radius 2 is 1.82 bits per heavy atom. The molecule has 22 heavy (non-hydrogen) atoms. The number of hydrogen-bond donors (Lipinski definition) is 2. The summed E-state index contributed by atoms with van der Waals surface area (Å²) in [6.45, 7) is 4.00. The van der Waals surface area contributed by atoms with Crippen molar-refractivity contribution >= 4 is 16.7 Å². The van der Waals surface area contributed by atoms with Crippen molar-refractivity contribution in [3.63, 3.8) is 0 Å². The molecule has 0 radical (unpaired) electrons. The van der Waals surface area contributed by atoms with Gasteiger partial charge in [-0.15, -0.1) is 0 Å². The van der Waals surface area contributed by atoms with Crippen LogP contribution in [0.3, 0.4) is 0 Å². The molecule has 0 atom stereocenters. The Balaban J connectivity index is 0.000000847. The van der Waals surface area contributed by atoms with E-state index in [1.165, 1.54) is 5.56 Å². The first-order valence-electron chi connectivity index (χ1n) is 7.48. The van der Waals surface area contributed by atoms with Gasteiger partial charge in [-0.05, 0) is 42.3 Å². The number of nitrogens with two attached hydrogens (primary N) is 1. The van der Waals surface area contributed by atoms with Gasteiger partial charge in [-0.3, -0.25) is 0 Å². The summed E-state index contributed by atoms with van der Waals surface area (Å²) in [4.78, 5) is 7.82. The van der Waals surface area contributed by atoms with E-state index in [2.05, 4.69) is 16.0 Å². The Labute approximate surface area is 130 Å². The average molecular weight is 292 g/mol. The summed E-state index contributed by atoms with van der Waals surface area (Å²) in [5.41, 5.74) is 10.3. The van der Waals surface area contributed by atoms with Crippen LogP contribution in [0, 0.1) is 11.3 Å². The molecule has 4 nitrogen and oxygen atoms in total. The number of anilines is 1. The van der Waals surface area contributed by atoms with Gasteiger partial charge in [0.1, 0.15) is 5.82 Å². The maximum absolute atomic E-state index is 8.76. The highest BCUT2D eigenvalue weighted by Gasteiger charge is 2.03. The number of nitrogens with zero attached hydrogens (tertiary/aromatic N) is 2. The van der Waals surface area contributed by atoms with Crippen LogP contribution in [0.4, 0.5) is 5.69 Å². The molecule has 0 saturated heterocycles. The molecule has 0 bridgehead atoms. The third kappa shape index (κ3) is 3.64. The van der Waals surface area contributed by atoms with Crippen LogP contribution in [0.1, 0.15) is 30.8 Å². The van der Waals surface area contributed by atoms with E-state index in [1.54, 1.807) is 0 Å². The first-order valence-corrected chi connectivity index (χ1v) is 7.48. The summed E-state index contributed by atoms with van der Waals surface area (Å²) < 4.78 is 0. The van der Waals surface area contributed by atoms with Gasteiger partial charge in [0.05, 0.1) is 22.7 Å². The number of fused-ring (bicyclic) bond motifs is 1. The molecule has 0 spiro atoms. The monoisotopic (exact) mass is 292 g/mol. The zero-order valence-electron chi connectivity index (χ0n) is 12.9. The molecule has 0 aliphatic heterocycles. The highest BCUT2D eigenvalue weighted by Crippen LogP contribution is 2.16. The lowest BCUT2D eigenvalue weighted by atomic mass is 10.1. The van der Waals surface area contributed by atoms with Gasteiger partial charge in [-0.1, -0.05) is 26.0 Å². The van der Waals surface area contributed by atoms with Crippen molar-refractivity contribution in [1.29, 1.82) is 5.26 Å². The van der Waals surface area contributed by atoms with Gasteiger partial charge in [0.2, 0.25) is 0 Å². The molecule has 0 aliphatic rings. The Morgan fingerprint density at radius 1 is 1.09 bits per heavy atom. The molecule has 2 aromatic carbocycles. The van der Waals surface area contributed by atoms with Gasteiger partial charge >= 0.3 is 0 Å². The zero-order valence-corrected chi connectivity index (χ0v) is 12.9. The molecule has 0 aliphatic carbocycles. The number of nitrogens with one attached hydrogen (secondary N) is 1. The zero-order chi connectivity index (χ0) is 15.9. The number of H-pyrrole nitrogens is 1. The quantitative estimate of drug-likeness (QED) is 0.720. The first kappa shape index (κ1) is 15.6. The summed E-state index contributed by atoms with van der Waals surface area (Å²) >= 11 is 0. The van der Waals surface area contributed by atoms with Crippen LogP contribution < -0.4 is 5.73 Å². The number of nitriles is 1. The number of aromatic nitrogens is 2. The molecule has 112 valence electrons. The van der Waals surface area contributed by atoms with Crippen molar-refractivity contribution in [3.8, 4) is 6.07 Å². The molecular formula is C18H20N4. The van der Waals surface area contributed by atoms with Crippen molar-refractivity contribution < 1.29 is 0 Å². The maximum Gasteiger partial charge on any atom is 0.107 e. The van der Waals surface area contributed by atoms with Gasteiger partial charge in [-0.25, -0.2) is 4.98 Å². The predicted octanol–water partition coefficient (Wildman–Crippen LogP) is 3.83. The largest absolute Gasteiger partial charge is 0.399 e. The smallest absolute Gasteiger partial charge is 0.107 e. The van der Waals surface area contributed by atoms with Crippen molar-refractivity contribution in [1.82, 2.24) is 9.97 Å². The van der Waals surface area contributed by atoms with Gasteiger partial charge in [0, 0.05) is 12.1 Å². The van der Waals surface area contributed by atoms with Crippen molar-refractivity contribution in [2.24, 2.45) is 0 Å². The number of rotatable bonds is 3. The van der Waals surface area contributed by atoms with E-state index in [4.69, 9.17) is 11.0 Å². The van der Waals surface area contributed by atoms with Crippen LogP contribution >= 0.6 is 0 Å². The maximum atomic E-state index is 8.76. The second kappa shape index (κ2) is 7.28. The van der Waals surface area contributed by atoms with Crippen molar-refractivity contribution in [2.75, 3.05) is 5.73 Å². The first-order chi connectivity index (χ1) is 10.7. The standard InChI is InChI=1S/C16H14N4.C2H6/c17-10-12-3-1-11(2-4-12)5-8-16-19-14-7-6-13(18)9-15(14)20-16;1-2/h1-4,6-7,9H,5,8,18H2,(H,19,20);1-2H3. The highest BCUT2D eigenvalue weighted by molar-refractivity contribution is 5.78. The van der Waals surface area contributed by atoms with Crippen LogP contribution in [-0.4, -0.2) is 9.97 Å². The van der Waals surface area contributed by atoms with Crippen molar-refractivity contribution in [3.05, 3.63) is 59.4 Å². The summed E-state index contributed by atoms with van der Waals surface area (Å²) in [6, 6.07) is 15.4. The fourth-order valence-corrected chi connectivity index (χ4v) is 2.21. The lowest BCUT2D eigenvalue weighted by Crippen LogP contribution is -1.93. The third-order valence-corrected chi connectivity index (χ3v) is 3.29. The van der Waals surface area contributed by atoms with E-state index < -0.39 is 0 Å². The van der Waals surface area contributed by atoms with Crippen LogP contribution in [0.2, 0.25) is 0 Å². The second-order valence-electron chi connectivity index (χ2n) is 4.77. The van der Waals surface area contributed by atoms with Crippen LogP contribution in [-0.2, 0) is 12.8 Å². The minimum Gasteiger partial charge on any atom is -0.399 e. The number of aryl methyl sites for hydroxylation is 2. The van der Waals surface area contributed by atoms with Crippen molar-refractivity contribution in [2.45, 2.75) is 26.7 Å². The van der Waals surface area contributed by atoms with Gasteiger partial charge in [-0.2, -0.15) is 5.26 Å². The van der Waals surface area contributed by atoms with E-state index in [0.29, 0.717) is 5.56 Å². The number of hydrogen-bond acceptors (Lipinski definition) is 3. The summed E-state index contributed by atoms with van der Waals surface area (Å²) in [5.74, 6) is 0.954. The van der Waals surface area contributed by atoms with E-state index in [9.17, 15) is 0 Å². The molecule has 0 saturated carbocycles. The number of benzene rings is 2.